The van der Waals surface area contributed by atoms with Gasteiger partial charge in [0.1, 0.15) is 29.2 Å². The number of hydrogen-bond acceptors (Lipinski definition) is 13. The number of phenols is 3. The predicted molar refractivity (Wildman–Crippen MR) is 226 cm³/mol. The van der Waals surface area contributed by atoms with Gasteiger partial charge in [0, 0.05) is 73.3 Å². The molecule has 3 aromatic carbocycles. The van der Waals surface area contributed by atoms with Gasteiger partial charge in [-0.15, -0.1) is 0 Å². The molecule has 0 saturated heterocycles. The lowest BCUT2D eigenvalue weighted by atomic mass is 9.78. The number of allylic oxidation sites excluding steroid dienone is 2. The van der Waals surface area contributed by atoms with Crippen LogP contribution in [-0.4, -0.2) is 87.0 Å². The van der Waals surface area contributed by atoms with E-state index < -0.39 is 94.6 Å². The van der Waals surface area contributed by atoms with Crippen molar-refractivity contribution in [3.63, 3.8) is 0 Å². The van der Waals surface area contributed by atoms with Crippen LogP contribution in [0, 0.1) is 36.4 Å². The van der Waals surface area contributed by atoms with Crippen molar-refractivity contribution >= 4 is 34.1 Å². The number of aliphatic hydroxyl groups excluding tert-OH is 2. The molecular formula is C46H57FN2O12. The van der Waals surface area contributed by atoms with Crippen molar-refractivity contribution in [1.82, 2.24) is 5.32 Å². The fraction of sp³-hybridized carbons (Fsp3) is 0.457. The lowest BCUT2D eigenvalue weighted by molar-refractivity contribution is -0.160. The third-order valence-electron chi connectivity index (χ3n) is 11.9. The molecule has 0 saturated carbocycles. The molecule has 330 valence electrons. The molecule has 61 heavy (non-hydrogen) atoms. The topological polar surface area (TPSA) is 213 Å². The fourth-order valence-corrected chi connectivity index (χ4v) is 8.10. The van der Waals surface area contributed by atoms with Crippen LogP contribution in [0.15, 0.2) is 60.4 Å². The van der Waals surface area contributed by atoms with E-state index in [1.165, 1.54) is 59.3 Å². The lowest BCUT2D eigenvalue weighted by Gasteiger charge is -2.38. The molecule has 15 heteroatoms. The van der Waals surface area contributed by atoms with Gasteiger partial charge in [-0.05, 0) is 44.5 Å². The summed E-state index contributed by atoms with van der Waals surface area (Å²) in [4.78, 5) is 40.5. The summed E-state index contributed by atoms with van der Waals surface area (Å²) in [7, 11) is 1.42. The van der Waals surface area contributed by atoms with Crippen LogP contribution in [0.2, 0.25) is 0 Å². The van der Waals surface area contributed by atoms with Crippen molar-refractivity contribution in [2.75, 3.05) is 19.0 Å². The highest BCUT2D eigenvalue weighted by molar-refractivity contribution is 6.22. The van der Waals surface area contributed by atoms with E-state index in [0.717, 1.165) is 0 Å². The molecule has 0 aliphatic carbocycles. The van der Waals surface area contributed by atoms with Gasteiger partial charge in [-0.3, -0.25) is 14.4 Å². The maximum absolute atomic E-state index is 14.4. The van der Waals surface area contributed by atoms with Crippen LogP contribution in [-0.2, 0) is 36.8 Å². The number of benzene rings is 3. The van der Waals surface area contributed by atoms with Gasteiger partial charge in [0.25, 0.3) is 11.7 Å². The molecule has 6 rings (SSSR count). The zero-order valence-electron chi connectivity index (χ0n) is 35.9. The number of fused-ring (bicyclic) bond motifs is 14. The summed E-state index contributed by atoms with van der Waals surface area (Å²) in [5, 5.41) is 63.6. The van der Waals surface area contributed by atoms with E-state index >= 15 is 0 Å². The number of rotatable bonds is 7. The molecule has 0 fully saturated rings. The molecule has 0 aromatic heterocycles. The fourth-order valence-electron chi connectivity index (χ4n) is 8.10. The average Bonchev–Trinajstić information content (AvgIpc) is 3.49. The van der Waals surface area contributed by atoms with Crippen LogP contribution in [0.1, 0.15) is 75.5 Å². The number of hydrogen-bond donors (Lipinski definition) is 7. The van der Waals surface area contributed by atoms with Gasteiger partial charge in [0.05, 0.1) is 41.2 Å². The second kappa shape index (κ2) is 19.1. The summed E-state index contributed by atoms with van der Waals surface area (Å²) in [6.07, 6.45) is 3.68. The van der Waals surface area contributed by atoms with E-state index in [9.17, 15) is 44.3 Å². The molecule has 1 amide bonds. The van der Waals surface area contributed by atoms with Crippen LogP contribution in [0.25, 0.3) is 10.8 Å². The maximum atomic E-state index is 14.4. The zero-order chi connectivity index (χ0) is 45.1. The summed E-state index contributed by atoms with van der Waals surface area (Å²) in [5.41, 5.74) is 0.121. The van der Waals surface area contributed by atoms with Crippen molar-refractivity contribution in [2.24, 2.45) is 23.7 Å². The maximum Gasteiger partial charge on any atom is 0.312 e. The Morgan fingerprint density at radius 2 is 1.64 bits per heavy atom. The number of aromatic hydroxyl groups is 3. The SMILES string of the molecule is CO[C@H]1/C=C/O[C@@]2(C)Oc3c(C)c(O)c4c(O)c(c(CNCCc5ccccc5F)c(O)c4c3C2=O)NC(=O)/C(C)=C\C=C\[C@H](C)[C@H](O)[C@@H](C)[C@@H](O)[C@@H](C)[C@H](OC(C)=O)[C@@H]1C. The van der Waals surface area contributed by atoms with E-state index in [0.29, 0.717) is 5.56 Å². The minimum absolute atomic E-state index is 0.0346. The Balaban J connectivity index is 1.66. The monoisotopic (exact) mass is 848 g/mol. The molecular weight excluding hydrogens is 792 g/mol. The molecule has 9 atom stereocenters. The second-order valence-electron chi connectivity index (χ2n) is 16.2. The Morgan fingerprint density at radius 3 is 2.30 bits per heavy atom. The van der Waals surface area contributed by atoms with Gasteiger partial charge in [-0.2, -0.15) is 0 Å². The normalized spacial score (nSPS) is 29.3. The molecule has 5 bridgehead atoms. The van der Waals surface area contributed by atoms with Crippen molar-refractivity contribution in [1.29, 1.82) is 0 Å². The molecule has 3 aromatic rings. The third-order valence-corrected chi connectivity index (χ3v) is 11.9. The molecule has 0 radical (unpaired) electrons. The van der Waals surface area contributed by atoms with Crippen molar-refractivity contribution < 1.29 is 63.3 Å². The molecule has 0 spiro atoms. The van der Waals surface area contributed by atoms with Gasteiger partial charge in [0.15, 0.2) is 5.75 Å². The molecule has 7 N–H and O–H groups in total. The van der Waals surface area contributed by atoms with Gasteiger partial charge in [0.2, 0.25) is 0 Å². The summed E-state index contributed by atoms with van der Waals surface area (Å²) in [6.45, 7) is 12.4. The first-order valence-electron chi connectivity index (χ1n) is 20.3. The first-order valence-corrected chi connectivity index (χ1v) is 20.3. The van der Waals surface area contributed by atoms with Crippen LogP contribution >= 0.6 is 0 Å². The highest BCUT2D eigenvalue weighted by Crippen LogP contribution is 2.55. The quantitative estimate of drug-likeness (QED) is 0.0609. The Morgan fingerprint density at radius 1 is 0.951 bits per heavy atom. The average molecular weight is 849 g/mol. The Hall–Kier alpha value is -5.48. The highest BCUT2D eigenvalue weighted by Gasteiger charge is 2.50. The molecule has 0 unspecified atom stereocenters. The van der Waals surface area contributed by atoms with Crippen LogP contribution < -0.4 is 15.4 Å². The first kappa shape index (κ1) is 46.6. The summed E-state index contributed by atoms with van der Waals surface area (Å²) in [5.74, 6) is -8.93. The number of carbonyl (C=O) groups excluding carboxylic acids is 3. The van der Waals surface area contributed by atoms with E-state index in [1.807, 2.05) is 0 Å². The zero-order valence-corrected chi connectivity index (χ0v) is 35.9. The number of anilines is 1. The van der Waals surface area contributed by atoms with E-state index in [4.69, 9.17) is 18.9 Å². The van der Waals surface area contributed by atoms with E-state index in [2.05, 4.69) is 10.6 Å². The van der Waals surface area contributed by atoms with Crippen LogP contribution in [0.5, 0.6) is 23.0 Å². The number of amides is 1. The van der Waals surface area contributed by atoms with Crippen molar-refractivity contribution in [3.8, 4) is 23.0 Å². The molecule has 3 aliphatic heterocycles. The number of phenolic OH excluding ortho intramolecular Hbond substituents is 3. The number of methoxy groups -OCH3 is 1. The number of carbonyl (C=O) groups is 3. The number of halogens is 1. The van der Waals surface area contributed by atoms with Gasteiger partial charge < -0.3 is 55.1 Å². The van der Waals surface area contributed by atoms with Gasteiger partial charge in [-0.1, -0.05) is 64.1 Å². The largest absolute Gasteiger partial charge is 0.507 e. The van der Waals surface area contributed by atoms with Gasteiger partial charge in [-0.25, -0.2) is 4.39 Å². The number of Topliss-reactive ketones (excluding diaryl/α,β-unsaturated/α-hetero) is 1. The van der Waals surface area contributed by atoms with Crippen molar-refractivity contribution in [3.05, 3.63) is 88.5 Å². The predicted octanol–water partition coefficient (Wildman–Crippen LogP) is 6.23. The van der Waals surface area contributed by atoms with Crippen molar-refractivity contribution in [2.45, 2.75) is 98.6 Å². The summed E-state index contributed by atoms with van der Waals surface area (Å²) in [6, 6.07) is 6.25. The van der Waals surface area contributed by atoms with E-state index in [-0.39, 0.29) is 64.0 Å². The molecule has 3 aliphatic rings. The Labute approximate surface area is 354 Å². The number of ketones is 1. The summed E-state index contributed by atoms with van der Waals surface area (Å²) >= 11 is 0. The smallest absolute Gasteiger partial charge is 0.312 e. The third kappa shape index (κ3) is 9.39. The Bertz CT molecular complexity index is 2260. The first-order chi connectivity index (χ1) is 28.7. The van der Waals surface area contributed by atoms with Crippen LogP contribution in [0.3, 0.4) is 0 Å². The molecule has 14 nitrogen and oxygen atoms in total. The lowest BCUT2D eigenvalue weighted by Crippen LogP contribution is -2.46. The number of nitrogens with one attached hydrogen (secondary N) is 2. The number of aliphatic hydroxyl groups is 2. The van der Waals surface area contributed by atoms with Gasteiger partial charge >= 0.3 is 11.8 Å². The van der Waals surface area contributed by atoms with Crippen LogP contribution in [0.4, 0.5) is 10.1 Å². The number of ether oxygens (including phenoxy) is 4. The Kier molecular flexibility index (Phi) is 14.6. The second-order valence-corrected chi connectivity index (χ2v) is 16.2. The minimum atomic E-state index is -2.07. The van der Waals surface area contributed by atoms with E-state index in [1.54, 1.807) is 58.0 Å². The standard InChI is InChI=1S/C46H57FN2O12/c1-22-13-12-14-23(2)45(57)49-36-30(21-48-19-17-29-15-10-11-16-31(29)47)40(54)33-34(41(36)55)39(53)27(6)43-35(33)44(56)46(8,61-43)59-20-18-32(58-9)24(3)42(60-28(7)50)26(5)38(52)25(4)37(22)51/h10-16,18,20,22,24-26,32,37-38,42,48,51-55H,17,19,21H2,1-9H3,(H,49,57)/b13-12+,20-18+,23-14-/t22-,24+,25+,26+,32-,37-,38+,42+,46-/m0/s1. The minimum Gasteiger partial charge on any atom is -0.507 e. The highest BCUT2D eigenvalue weighted by atomic mass is 19.1. The molecule has 3 heterocycles. The number of esters is 1. The summed E-state index contributed by atoms with van der Waals surface area (Å²) < 4.78 is 38.0.